The maximum absolute atomic E-state index is 12.2. The fraction of sp³-hybridized carbons (Fsp3) is 0.562. The molecule has 0 saturated carbocycles. The summed E-state index contributed by atoms with van der Waals surface area (Å²) in [5.74, 6) is 2.04. The fourth-order valence-electron chi connectivity index (χ4n) is 2.64. The molecule has 116 valence electrons. The van der Waals surface area contributed by atoms with E-state index in [2.05, 4.69) is 0 Å². The molecule has 0 radical (unpaired) electrons. The number of carbonyl (C=O) groups is 1. The third-order valence-electron chi connectivity index (χ3n) is 3.82. The number of nitrogens with zero attached hydrogens (tertiary/aromatic N) is 1. The molecule has 1 aromatic rings. The van der Waals surface area contributed by atoms with Crippen molar-refractivity contribution in [1.82, 2.24) is 4.90 Å². The first-order valence-electron chi connectivity index (χ1n) is 7.40. The Balaban J connectivity index is 1.72. The van der Waals surface area contributed by atoms with Gasteiger partial charge in [-0.25, -0.2) is 0 Å². The second kappa shape index (κ2) is 8.66. The SMILES string of the molecule is O=C(CSCc1ccc(Cl)cc1)N1CCCC(CCO)C1. The summed E-state index contributed by atoms with van der Waals surface area (Å²) in [6.07, 6.45) is 2.99. The molecule has 5 heteroatoms. The largest absolute Gasteiger partial charge is 0.396 e. The molecule has 2 rings (SSSR count). The van der Waals surface area contributed by atoms with Gasteiger partial charge in [0.2, 0.25) is 5.91 Å². The van der Waals surface area contributed by atoms with E-state index in [4.69, 9.17) is 16.7 Å². The maximum Gasteiger partial charge on any atom is 0.232 e. The van der Waals surface area contributed by atoms with Gasteiger partial charge in [0.25, 0.3) is 0 Å². The Bertz CT molecular complexity index is 450. The van der Waals surface area contributed by atoms with E-state index in [9.17, 15) is 4.79 Å². The number of rotatable bonds is 6. The summed E-state index contributed by atoms with van der Waals surface area (Å²) in [5.41, 5.74) is 1.19. The Morgan fingerprint density at radius 3 is 2.86 bits per heavy atom. The number of likely N-dealkylation sites (tertiary alicyclic amines) is 1. The van der Waals surface area contributed by atoms with Gasteiger partial charge in [0.1, 0.15) is 0 Å². The van der Waals surface area contributed by atoms with Gasteiger partial charge in [-0.05, 0) is 42.9 Å². The molecule has 0 bridgehead atoms. The molecule has 1 saturated heterocycles. The van der Waals surface area contributed by atoms with Crippen LogP contribution in [0.3, 0.4) is 0 Å². The summed E-state index contributed by atoms with van der Waals surface area (Å²) in [6, 6.07) is 7.75. The first kappa shape index (κ1) is 16.7. The topological polar surface area (TPSA) is 40.5 Å². The molecule has 21 heavy (non-hydrogen) atoms. The fourth-order valence-corrected chi connectivity index (χ4v) is 3.65. The number of hydrogen-bond acceptors (Lipinski definition) is 3. The minimum absolute atomic E-state index is 0.219. The lowest BCUT2D eigenvalue weighted by Crippen LogP contribution is -2.41. The average molecular weight is 328 g/mol. The Labute approximate surface area is 135 Å². The highest BCUT2D eigenvalue weighted by Crippen LogP contribution is 2.21. The van der Waals surface area contributed by atoms with Crippen molar-refractivity contribution in [3.63, 3.8) is 0 Å². The van der Waals surface area contributed by atoms with Gasteiger partial charge in [-0.15, -0.1) is 11.8 Å². The molecule has 0 spiro atoms. The van der Waals surface area contributed by atoms with E-state index in [1.807, 2.05) is 29.2 Å². The van der Waals surface area contributed by atoms with Gasteiger partial charge in [-0.1, -0.05) is 23.7 Å². The monoisotopic (exact) mass is 327 g/mol. The lowest BCUT2D eigenvalue weighted by Gasteiger charge is -2.32. The minimum atomic E-state index is 0.219. The van der Waals surface area contributed by atoms with Crippen molar-refractivity contribution in [2.45, 2.75) is 25.0 Å². The van der Waals surface area contributed by atoms with Gasteiger partial charge in [0, 0.05) is 30.5 Å². The van der Waals surface area contributed by atoms with E-state index in [1.165, 1.54) is 5.56 Å². The predicted octanol–water partition coefficient (Wildman–Crippen LogP) is 3.19. The quantitative estimate of drug-likeness (QED) is 0.872. The van der Waals surface area contributed by atoms with E-state index >= 15 is 0 Å². The van der Waals surface area contributed by atoms with Crippen LogP contribution in [0.1, 0.15) is 24.8 Å². The second-order valence-corrected chi connectivity index (χ2v) is 6.90. The first-order chi connectivity index (χ1) is 10.2. The molecule has 1 heterocycles. The molecule has 1 aliphatic heterocycles. The van der Waals surface area contributed by atoms with Crippen LogP contribution in [0.4, 0.5) is 0 Å². The summed E-state index contributed by atoms with van der Waals surface area (Å²) in [5, 5.41) is 9.75. The van der Waals surface area contributed by atoms with Gasteiger partial charge >= 0.3 is 0 Å². The van der Waals surface area contributed by atoms with Crippen molar-refractivity contribution >= 4 is 29.3 Å². The van der Waals surface area contributed by atoms with Crippen LogP contribution in [-0.4, -0.2) is 41.4 Å². The highest BCUT2D eigenvalue weighted by atomic mass is 35.5. The number of carbonyl (C=O) groups excluding carboxylic acids is 1. The smallest absolute Gasteiger partial charge is 0.232 e. The summed E-state index contributed by atoms with van der Waals surface area (Å²) in [4.78, 5) is 14.2. The lowest BCUT2D eigenvalue weighted by molar-refractivity contribution is -0.130. The number of aliphatic hydroxyl groups excluding tert-OH is 1. The van der Waals surface area contributed by atoms with Crippen LogP contribution in [0, 0.1) is 5.92 Å². The summed E-state index contributed by atoms with van der Waals surface area (Å²) < 4.78 is 0. The van der Waals surface area contributed by atoms with Crippen LogP contribution in [-0.2, 0) is 10.5 Å². The molecule has 0 aliphatic carbocycles. The van der Waals surface area contributed by atoms with E-state index in [0.717, 1.165) is 43.1 Å². The second-order valence-electron chi connectivity index (χ2n) is 5.48. The predicted molar refractivity (Wildman–Crippen MR) is 88.6 cm³/mol. The van der Waals surface area contributed by atoms with Gasteiger partial charge in [-0.2, -0.15) is 0 Å². The molecule has 1 unspecified atom stereocenters. The molecule has 0 aromatic heterocycles. The zero-order valence-electron chi connectivity index (χ0n) is 12.1. The Hall–Kier alpha value is -0.710. The van der Waals surface area contributed by atoms with Crippen LogP contribution in [0.25, 0.3) is 0 Å². The summed E-state index contributed by atoms with van der Waals surface area (Å²) in [6.45, 7) is 1.89. The zero-order valence-corrected chi connectivity index (χ0v) is 13.7. The molecular weight excluding hydrogens is 306 g/mol. The molecule has 1 amide bonds. The van der Waals surface area contributed by atoms with Crippen LogP contribution in [0.2, 0.25) is 5.02 Å². The average Bonchev–Trinajstić information content (AvgIpc) is 2.50. The molecule has 1 atom stereocenters. The van der Waals surface area contributed by atoms with Crippen LogP contribution in [0.5, 0.6) is 0 Å². The number of piperidine rings is 1. The van der Waals surface area contributed by atoms with Gasteiger partial charge < -0.3 is 10.0 Å². The zero-order chi connectivity index (χ0) is 15.1. The molecule has 3 nitrogen and oxygen atoms in total. The van der Waals surface area contributed by atoms with Crippen molar-refractivity contribution in [3.8, 4) is 0 Å². The minimum Gasteiger partial charge on any atom is -0.396 e. The molecular formula is C16H22ClNO2S. The van der Waals surface area contributed by atoms with Crippen molar-refractivity contribution in [2.24, 2.45) is 5.92 Å². The highest BCUT2D eigenvalue weighted by molar-refractivity contribution is 7.99. The molecule has 1 aliphatic rings. The van der Waals surface area contributed by atoms with Crippen molar-refractivity contribution < 1.29 is 9.90 Å². The standard InChI is InChI=1S/C16H22ClNO2S/c17-15-5-3-14(4-6-15)11-21-12-16(20)18-8-1-2-13(10-18)7-9-19/h3-6,13,19H,1-2,7-12H2. The number of hydrogen-bond donors (Lipinski definition) is 1. The Morgan fingerprint density at radius 2 is 2.14 bits per heavy atom. The Morgan fingerprint density at radius 1 is 1.38 bits per heavy atom. The van der Waals surface area contributed by atoms with Gasteiger partial charge in [0.05, 0.1) is 5.75 Å². The first-order valence-corrected chi connectivity index (χ1v) is 8.93. The number of halogens is 1. The van der Waals surface area contributed by atoms with Gasteiger partial charge in [-0.3, -0.25) is 4.79 Å². The van der Waals surface area contributed by atoms with Crippen molar-refractivity contribution in [1.29, 1.82) is 0 Å². The third kappa shape index (κ3) is 5.53. The van der Waals surface area contributed by atoms with Gasteiger partial charge in [0.15, 0.2) is 0 Å². The number of amides is 1. The molecule has 1 fully saturated rings. The van der Waals surface area contributed by atoms with Crippen molar-refractivity contribution in [3.05, 3.63) is 34.9 Å². The van der Waals surface area contributed by atoms with E-state index in [-0.39, 0.29) is 12.5 Å². The van der Waals surface area contributed by atoms with Crippen molar-refractivity contribution in [2.75, 3.05) is 25.4 Å². The Kier molecular flexibility index (Phi) is 6.87. The van der Waals surface area contributed by atoms with Crippen LogP contribution >= 0.6 is 23.4 Å². The number of benzene rings is 1. The maximum atomic E-state index is 12.2. The molecule has 1 aromatic carbocycles. The summed E-state index contributed by atoms with van der Waals surface area (Å²) in [7, 11) is 0. The number of thioether (sulfide) groups is 1. The van der Waals surface area contributed by atoms with E-state index in [1.54, 1.807) is 11.8 Å². The van der Waals surface area contributed by atoms with E-state index in [0.29, 0.717) is 11.7 Å². The number of aliphatic hydroxyl groups is 1. The normalized spacial score (nSPS) is 18.8. The third-order valence-corrected chi connectivity index (χ3v) is 5.06. The van der Waals surface area contributed by atoms with Crippen LogP contribution < -0.4 is 0 Å². The van der Waals surface area contributed by atoms with Crippen LogP contribution in [0.15, 0.2) is 24.3 Å². The lowest BCUT2D eigenvalue weighted by atomic mass is 9.95. The summed E-state index contributed by atoms with van der Waals surface area (Å²) >= 11 is 7.50. The van der Waals surface area contributed by atoms with E-state index < -0.39 is 0 Å². The molecule has 1 N–H and O–H groups in total. The highest BCUT2D eigenvalue weighted by Gasteiger charge is 2.22.